The maximum atomic E-state index is 12.7. The van der Waals surface area contributed by atoms with Gasteiger partial charge in [-0.3, -0.25) is 14.3 Å². The Bertz CT molecular complexity index is 847. The first-order valence-corrected chi connectivity index (χ1v) is 9.27. The summed E-state index contributed by atoms with van der Waals surface area (Å²) in [5.41, 5.74) is 4.04. The van der Waals surface area contributed by atoms with Gasteiger partial charge >= 0.3 is 0 Å². The number of fused-ring (bicyclic) bond motifs is 1. The molecular weight excluding hydrogens is 328 g/mol. The summed E-state index contributed by atoms with van der Waals surface area (Å²) in [7, 11) is 0. The SMILES string of the molecule is CC(C)n1cc(C(=O)N2CCN(C(=O)c3ccc4c(c3)CC4)CC2)cn1. The standard InChI is InChI=1S/C20H24N4O2/c1-14(2)24-13-18(12-21-24)20(26)23-9-7-22(8-10-23)19(25)17-6-4-15-3-5-16(15)11-17/h4,6,11-14H,3,5,7-10H2,1-2H3. The van der Waals surface area contributed by atoms with E-state index in [1.54, 1.807) is 17.1 Å². The van der Waals surface area contributed by atoms with E-state index in [2.05, 4.69) is 11.2 Å². The number of carbonyl (C=O) groups excluding carboxylic acids is 2. The third-order valence-corrected chi connectivity index (χ3v) is 5.35. The Morgan fingerprint density at radius 1 is 0.923 bits per heavy atom. The van der Waals surface area contributed by atoms with E-state index >= 15 is 0 Å². The summed E-state index contributed by atoms with van der Waals surface area (Å²) in [6, 6.07) is 6.25. The van der Waals surface area contributed by atoms with E-state index in [9.17, 15) is 9.59 Å². The van der Waals surface area contributed by atoms with Gasteiger partial charge in [0.15, 0.2) is 0 Å². The lowest BCUT2D eigenvalue weighted by Gasteiger charge is -2.35. The van der Waals surface area contributed by atoms with Crippen LogP contribution in [0.3, 0.4) is 0 Å². The highest BCUT2D eigenvalue weighted by Crippen LogP contribution is 2.24. The van der Waals surface area contributed by atoms with Gasteiger partial charge in [0.25, 0.3) is 11.8 Å². The Morgan fingerprint density at radius 2 is 1.54 bits per heavy atom. The average Bonchev–Trinajstić information content (AvgIpc) is 3.12. The van der Waals surface area contributed by atoms with Crippen LogP contribution >= 0.6 is 0 Å². The molecule has 0 unspecified atom stereocenters. The Kier molecular flexibility index (Phi) is 4.26. The molecule has 0 N–H and O–H groups in total. The summed E-state index contributed by atoms with van der Waals surface area (Å²) in [4.78, 5) is 29.0. The van der Waals surface area contributed by atoms with Gasteiger partial charge in [-0.2, -0.15) is 5.10 Å². The topological polar surface area (TPSA) is 58.4 Å². The van der Waals surface area contributed by atoms with Crippen molar-refractivity contribution in [2.24, 2.45) is 0 Å². The number of amides is 2. The highest BCUT2D eigenvalue weighted by atomic mass is 16.2. The molecule has 4 rings (SSSR count). The van der Waals surface area contributed by atoms with Crippen LogP contribution in [0.4, 0.5) is 0 Å². The van der Waals surface area contributed by atoms with Crippen molar-refractivity contribution in [3.05, 3.63) is 52.8 Å². The van der Waals surface area contributed by atoms with Crippen molar-refractivity contribution in [1.29, 1.82) is 0 Å². The van der Waals surface area contributed by atoms with Crippen LogP contribution in [0.25, 0.3) is 0 Å². The molecule has 1 saturated heterocycles. The zero-order valence-electron chi connectivity index (χ0n) is 15.3. The van der Waals surface area contributed by atoms with E-state index in [0.717, 1.165) is 18.4 Å². The van der Waals surface area contributed by atoms with Gasteiger partial charge in [-0.15, -0.1) is 0 Å². The summed E-state index contributed by atoms with van der Waals surface area (Å²) in [5, 5.41) is 4.24. The molecule has 0 spiro atoms. The van der Waals surface area contributed by atoms with Crippen LogP contribution in [0, 0.1) is 0 Å². The number of aryl methyl sites for hydroxylation is 2. The van der Waals surface area contributed by atoms with Gasteiger partial charge in [0.2, 0.25) is 0 Å². The van der Waals surface area contributed by atoms with Crippen molar-refractivity contribution in [2.45, 2.75) is 32.7 Å². The van der Waals surface area contributed by atoms with Gasteiger partial charge in [0, 0.05) is 44.0 Å². The maximum absolute atomic E-state index is 12.7. The number of hydrogen-bond donors (Lipinski definition) is 0. The van der Waals surface area contributed by atoms with Crippen LogP contribution in [0.15, 0.2) is 30.6 Å². The molecule has 0 bridgehead atoms. The van der Waals surface area contributed by atoms with Gasteiger partial charge in [-0.25, -0.2) is 0 Å². The normalized spacial score (nSPS) is 16.4. The predicted molar refractivity (Wildman–Crippen MR) is 98.3 cm³/mol. The van der Waals surface area contributed by atoms with Gasteiger partial charge in [0.1, 0.15) is 0 Å². The molecule has 2 amide bonds. The second-order valence-electron chi connectivity index (χ2n) is 7.37. The molecule has 2 aliphatic rings. The molecule has 1 aliphatic heterocycles. The van der Waals surface area contributed by atoms with Crippen LogP contribution < -0.4 is 0 Å². The summed E-state index contributed by atoms with van der Waals surface area (Å²) >= 11 is 0. The molecule has 2 heterocycles. The molecule has 1 aromatic carbocycles. The molecular formula is C20H24N4O2. The number of hydrogen-bond acceptors (Lipinski definition) is 3. The van der Waals surface area contributed by atoms with Crippen molar-refractivity contribution >= 4 is 11.8 Å². The monoisotopic (exact) mass is 352 g/mol. The number of carbonyl (C=O) groups is 2. The fraction of sp³-hybridized carbons (Fsp3) is 0.450. The van der Waals surface area contributed by atoms with Crippen LogP contribution in [-0.2, 0) is 12.8 Å². The number of piperazine rings is 1. The quantitative estimate of drug-likeness (QED) is 0.851. The minimum atomic E-state index is -0.00922. The highest BCUT2D eigenvalue weighted by molar-refractivity contribution is 5.96. The Morgan fingerprint density at radius 3 is 2.04 bits per heavy atom. The third-order valence-electron chi connectivity index (χ3n) is 5.35. The minimum absolute atomic E-state index is 0.00922. The second kappa shape index (κ2) is 6.59. The molecule has 2 aromatic rings. The molecule has 1 aliphatic carbocycles. The molecule has 0 radical (unpaired) electrons. The molecule has 136 valence electrons. The van der Waals surface area contributed by atoms with Crippen molar-refractivity contribution < 1.29 is 9.59 Å². The lowest BCUT2D eigenvalue weighted by Crippen LogP contribution is -2.50. The largest absolute Gasteiger partial charge is 0.335 e. The Hall–Kier alpha value is -2.63. The van der Waals surface area contributed by atoms with E-state index in [1.165, 1.54) is 11.1 Å². The lowest BCUT2D eigenvalue weighted by molar-refractivity contribution is 0.0535. The fourth-order valence-electron chi connectivity index (χ4n) is 3.54. The van der Waals surface area contributed by atoms with Crippen LogP contribution in [-0.4, -0.2) is 57.6 Å². The van der Waals surface area contributed by atoms with E-state index in [4.69, 9.17) is 0 Å². The van der Waals surface area contributed by atoms with Crippen molar-refractivity contribution in [1.82, 2.24) is 19.6 Å². The van der Waals surface area contributed by atoms with Gasteiger partial charge in [-0.05, 0) is 49.9 Å². The van der Waals surface area contributed by atoms with Crippen molar-refractivity contribution in [2.75, 3.05) is 26.2 Å². The maximum Gasteiger partial charge on any atom is 0.257 e. The third kappa shape index (κ3) is 3.00. The number of benzene rings is 1. The zero-order valence-corrected chi connectivity index (χ0v) is 15.3. The highest BCUT2D eigenvalue weighted by Gasteiger charge is 2.27. The molecule has 1 fully saturated rings. The van der Waals surface area contributed by atoms with E-state index in [-0.39, 0.29) is 17.9 Å². The first kappa shape index (κ1) is 16.8. The zero-order chi connectivity index (χ0) is 18.3. The smallest absolute Gasteiger partial charge is 0.257 e. The molecule has 0 saturated carbocycles. The first-order chi connectivity index (χ1) is 12.5. The molecule has 6 heteroatoms. The average molecular weight is 352 g/mol. The van der Waals surface area contributed by atoms with Crippen LogP contribution in [0.1, 0.15) is 51.7 Å². The van der Waals surface area contributed by atoms with Crippen molar-refractivity contribution in [3.8, 4) is 0 Å². The first-order valence-electron chi connectivity index (χ1n) is 9.27. The fourth-order valence-corrected chi connectivity index (χ4v) is 3.54. The lowest BCUT2D eigenvalue weighted by atomic mass is 9.87. The number of aromatic nitrogens is 2. The van der Waals surface area contributed by atoms with Gasteiger partial charge in [-0.1, -0.05) is 6.07 Å². The number of nitrogens with zero attached hydrogens (tertiary/aromatic N) is 4. The van der Waals surface area contributed by atoms with Crippen LogP contribution in [0.5, 0.6) is 0 Å². The van der Waals surface area contributed by atoms with Gasteiger partial charge in [0.05, 0.1) is 11.8 Å². The number of rotatable bonds is 3. The van der Waals surface area contributed by atoms with Crippen LogP contribution in [0.2, 0.25) is 0 Å². The Balaban J connectivity index is 1.37. The summed E-state index contributed by atoms with van der Waals surface area (Å²) in [6.45, 7) is 6.32. The predicted octanol–water partition coefficient (Wildman–Crippen LogP) is 2.16. The van der Waals surface area contributed by atoms with Crippen molar-refractivity contribution in [3.63, 3.8) is 0 Å². The summed E-state index contributed by atoms with van der Waals surface area (Å²) in [6.07, 6.45) is 5.62. The minimum Gasteiger partial charge on any atom is -0.335 e. The summed E-state index contributed by atoms with van der Waals surface area (Å²) in [5.74, 6) is 0.0597. The van der Waals surface area contributed by atoms with E-state index < -0.39 is 0 Å². The molecule has 1 aromatic heterocycles. The summed E-state index contributed by atoms with van der Waals surface area (Å²) < 4.78 is 1.79. The Labute approximate surface area is 153 Å². The molecule has 6 nitrogen and oxygen atoms in total. The van der Waals surface area contributed by atoms with E-state index in [0.29, 0.717) is 31.7 Å². The van der Waals surface area contributed by atoms with Gasteiger partial charge < -0.3 is 9.80 Å². The molecule has 0 atom stereocenters. The van der Waals surface area contributed by atoms with E-state index in [1.807, 2.05) is 35.8 Å². The second-order valence-corrected chi connectivity index (χ2v) is 7.37. The molecule has 26 heavy (non-hydrogen) atoms.